The summed E-state index contributed by atoms with van der Waals surface area (Å²) in [4.78, 5) is 35.1. The van der Waals surface area contributed by atoms with Gasteiger partial charge in [0, 0.05) is 19.9 Å². The summed E-state index contributed by atoms with van der Waals surface area (Å²) in [5.41, 5.74) is 0.294. The van der Waals surface area contributed by atoms with Crippen LogP contribution in [0.2, 0.25) is 0 Å². The van der Waals surface area contributed by atoms with Crippen molar-refractivity contribution in [2.24, 2.45) is 0 Å². The van der Waals surface area contributed by atoms with Crippen molar-refractivity contribution in [3.8, 4) is 5.75 Å². The first-order valence-electron chi connectivity index (χ1n) is 8.81. The molecule has 136 valence electrons. The fourth-order valence-electron chi connectivity index (χ4n) is 2.86. The quantitative estimate of drug-likeness (QED) is 0.466. The van der Waals surface area contributed by atoms with E-state index in [1.165, 1.54) is 13.3 Å². The summed E-state index contributed by atoms with van der Waals surface area (Å²) in [6.45, 7) is 1.64. The van der Waals surface area contributed by atoms with Crippen LogP contribution in [0.4, 0.5) is 0 Å². The van der Waals surface area contributed by atoms with Crippen LogP contribution >= 0.6 is 0 Å². The molecule has 1 amide bonds. The maximum atomic E-state index is 12.2. The van der Waals surface area contributed by atoms with Crippen LogP contribution in [0.5, 0.6) is 5.75 Å². The summed E-state index contributed by atoms with van der Waals surface area (Å²) < 4.78 is 10.5. The van der Waals surface area contributed by atoms with Crippen LogP contribution in [0.25, 0.3) is 0 Å². The number of amides is 1. The first kappa shape index (κ1) is 19.0. The number of rotatable bonds is 7. The Kier molecular flexibility index (Phi) is 7.44. The minimum Gasteiger partial charge on any atom is -0.462 e. The van der Waals surface area contributed by atoms with Crippen LogP contribution in [-0.2, 0) is 14.3 Å². The highest BCUT2D eigenvalue weighted by molar-refractivity contribution is 5.97. The number of ether oxygens (including phenoxy) is 2. The molecular weight excluding hydrogens is 322 g/mol. The van der Waals surface area contributed by atoms with Crippen molar-refractivity contribution in [3.63, 3.8) is 0 Å². The van der Waals surface area contributed by atoms with Crippen molar-refractivity contribution < 1.29 is 23.9 Å². The Hall–Kier alpha value is -2.37. The van der Waals surface area contributed by atoms with E-state index in [9.17, 15) is 14.4 Å². The third kappa shape index (κ3) is 6.57. The highest BCUT2D eigenvalue weighted by atomic mass is 16.5. The molecule has 1 aromatic rings. The Morgan fingerprint density at radius 2 is 1.84 bits per heavy atom. The van der Waals surface area contributed by atoms with E-state index in [0.29, 0.717) is 18.5 Å². The Balaban J connectivity index is 1.71. The first-order chi connectivity index (χ1) is 12.1. The van der Waals surface area contributed by atoms with Crippen LogP contribution in [0, 0.1) is 0 Å². The smallest absolute Gasteiger partial charge is 0.308 e. The standard InChI is InChI=1S/C19H25NO5/c1-14(21)24-17-11-6-5-10-16(17)19(23)20-13-7-12-18(22)25-15-8-3-2-4-9-15/h5-6,10-11,15H,2-4,7-9,12-13H2,1H3,(H,20,23). The number of carbonyl (C=O) groups is 3. The number of esters is 2. The molecule has 0 heterocycles. The number of para-hydroxylation sites is 1. The molecule has 0 saturated heterocycles. The summed E-state index contributed by atoms with van der Waals surface area (Å²) >= 11 is 0. The molecule has 0 aliphatic heterocycles. The maximum absolute atomic E-state index is 12.2. The summed E-state index contributed by atoms with van der Waals surface area (Å²) in [7, 11) is 0. The molecular formula is C19H25NO5. The first-order valence-corrected chi connectivity index (χ1v) is 8.81. The second-order valence-electron chi connectivity index (χ2n) is 6.20. The molecule has 1 N–H and O–H groups in total. The maximum Gasteiger partial charge on any atom is 0.308 e. The van der Waals surface area contributed by atoms with Crippen LogP contribution in [-0.4, -0.2) is 30.5 Å². The lowest BCUT2D eigenvalue weighted by atomic mass is 9.98. The molecule has 2 rings (SSSR count). The lowest BCUT2D eigenvalue weighted by Crippen LogP contribution is -2.26. The largest absolute Gasteiger partial charge is 0.462 e. The molecule has 1 saturated carbocycles. The highest BCUT2D eigenvalue weighted by Crippen LogP contribution is 2.21. The number of benzene rings is 1. The van der Waals surface area contributed by atoms with E-state index in [-0.39, 0.29) is 30.2 Å². The van der Waals surface area contributed by atoms with Gasteiger partial charge in [0.15, 0.2) is 0 Å². The minimum atomic E-state index is -0.481. The number of hydrogen-bond donors (Lipinski definition) is 1. The minimum absolute atomic E-state index is 0.0615. The van der Waals surface area contributed by atoms with Crippen molar-refractivity contribution in [3.05, 3.63) is 29.8 Å². The van der Waals surface area contributed by atoms with Gasteiger partial charge in [-0.3, -0.25) is 14.4 Å². The monoisotopic (exact) mass is 347 g/mol. The van der Waals surface area contributed by atoms with E-state index < -0.39 is 5.97 Å². The van der Waals surface area contributed by atoms with Crippen molar-refractivity contribution >= 4 is 17.8 Å². The third-order valence-corrected chi connectivity index (χ3v) is 4.08. The average molecular weight is 347 g/mol. The van der Waals surface area contributed by atoms with Crippen molar-refractivity contribution in [2.45, 2.75) is 58.0 Å². The molecule has 0 bridgehead atoms. The van der Waals surface area contributed by atoms with Gasteiger partial charge in [0.05, 0.1) is 5.56 Å². The van der Waals surface area contributed by atoms with Crippen molar-refractivity contribution in [2.75, 3.05) is 6.54 Å². The molecule has 25 heavy (non-hydrogen) atoms. The van der Waals surface area contributed by atoms with Gasteiger partial charge in [0.1, 0.15) is 11.9 Å². The lowest BCUT2D eigenvalue weighted by molar-refractivity contribution is -0.150. The van der Waals surface area contributed by atoms with Gasteiger partial charge in [-0.05, 0) is 44.2 Å². The predicted molar refractivity (Wildman–Crippen MR) is 92.3 cm³/mol. The van der Waals surface area contributed by atoms with E-state index >= 15 is 0 Å². The molecule has 1 fully saturated rings. The summed E-state index contributed by atoms with van der Waals surface area (Å²) in [5.74, 6) is -0.797. The number of carbonyl (C=O) groups excluding carboxylic acids is 3. The molecule has 1 aliphatic rings. The molecule has 0 unspecified atom stereocenters. The Morgan fingerprint density at radius 1 is 1.12 bits per heavy atom. The summed E-state index contributed by atoms with van der Waals surface area (Å²) in [6.07, 6.45) is 6.21. The highest BCUT2D eigenvalue weighted by Gasteiger charge is 2.17. The summed E-state index contributed by atoms with van der Waals surface area (Å²) in [5, 5.41) is 2.73. The van der Waals surface area contributed by atoms with Crippen LogP contribution in [0.15, 0.2) is 24.3 Å². The van der Waals surface area contributed by atoms with Gasteiger partial charge in [-0.2, -0.15) is 0 Å². The summed E-state index contributed by atoms with van der Waals surface area (Å²) in [6, 6.07) is 6.54. The van der Waals surface area contributed by atoms with E-state index in [1.807, 2.05) is 0 Å². The topological polar surface area (TPSA) is 81.7 Å². The van der Waals surface area contributed by atoms with Crippen molar-refractivity contribution in [1.29, 1.82) is 0 Å². The molecule has 0 radical (unpaired) electrons. The molecule has 1 aliphatic carbocycles. The molecule has 0 aromatic heterocycles. The Labute approximate surface area is 147 Å². The van der Waals surface area contributed by atoms with E-state index in [4.69, 9.17) is 9.47 Å². The van der Waals surface area contributed by atoms with Crippen molar-refractivity contribution in [1.82, 2.24) is 5.32 Å². The fraction of sp³-hybridized carbons (Fsp3) is 0.526. The van der Waals surface area contributed by atoms with Crippen LogP contribution in [0.1, 0.15) is 62.2 Å². The molecule has 6 heteroatoms. The number of hydrogen-bond acceptors (Lipinski definition) is 5. The Bertz CT molecular complexity index is 608. The fourth-order valence-corrected chi connectivity index (χ4v) is 2.86. The second kappa shape index (κ2) is 9.81. The average Bonchev–Trinajstić information content (AvgIpc) is 2.59. The second-order valence-corrected chi connectivity index (χ2v) is 6.20. The van der Waals surface area contributed by atoms with Gasteiger partial charge in [-0.1, -0.05) is 18.6 Å². The normalized spacial score (nSPS) is 14.6. The van der Waals surface area contributed by atoms with Gasteiger partial charge in [-0.25, -0.2) is 0 Å². The molecule has 6 nitrogen and oxygen atoms in total. The predicted octanol–water partition coefficient (Wildman–Crippen LogP) is 3.00. The van der Waals surface area contributed by atoms with E-state index in [1.54, 1.807) is 24.3 Å². The van der Waals surface area contributed by atoms with Gasteiger partial charge in [-0.15, -0.1) is 0 Å². The van der Waals surface area contributed by atoms with Crippen LogP contribution in [0.3, 0.4) is 0 Å². The van der Waals surface area contributed by atoms with E-state index in [2.05, 4.69) is 5.32 Å². The number of nitrogens with one attached hydrogen (secondary N) is 1. The zero-order valence-electron chi connectivity index (χ0n) is 14.6. The van der Waals surface area contributed by atoms with Crippen LogP contribution < -0.4 is 10.1 Å². The Morgan fingerprint density at radius 3 is 2.56 bits per heavy atom. The molecule has 0 atom stereocenters. The van der Waals surface area contributed by atoms with Gasteiger partial charge in [0.2, 0.25) is 0 Å². The van der Waals surface area contributed by atoms with Gasteiger partial charge >= 0.3 is 11.9 Å². The zero-order valence-corrected chi connectivity index (χ0v) is 14.6. The molecule has 0 spiro atoms. The molecule has 1 aromatic carbocycles. The SMILES string of the molecule is CC(=O)Oc1ccccc1C(=O)NCCCC(=O)OC1CCCCC1. The zero-order chi connectivity index (χ0) is 18.1. The van der Waals surface area contributed by atoms with Gasteiger partial charge < -0.3 is 14.8 Å². The lowest BCUT2D eigenvalue weighted by Gasteiger charge is -2.21. The van der Waals surface area contributed by atoms with E-state index in [0.717, 1.165) is 25.7 Å². The third-order valence-electron chi connectivity index (χ3n) is 4.08. The van der Waals surface area contributed by atoms with Gasteiger partial charge in [0.25, 0.3) is 5.91 Å².